The first kappa shape index (κ1) is 16.4. The smallest absolute Gasteiger partial charge is 0.0520 e. The molecule has 0 amide bonds. The fraction of sp³-hybridized carbons (Fsp3) is 1.00. The Morgan fingerprint density at radius 3 is 2.00 bits per heavy atom. The van der Waals surface area contributed by atoms with Crippen LogP contribution in [0.2, 0.25) is 0 Å². The molecule has 0 fully saturated rings. The second-order valence-electron chi connectivity index (χ2n) is 4.08. The van der Waals surface area contributed by atoms with Gasteiger partial charge < -0.3 is 11.5 Å². The highest BCUT2D eigenvalue weighted by molar-refractivity contribution is 14.1. The third kappa shape index (κ3) is 13.3. The largest absolute Gasteiger partial charge is 0.316 e. The van der Waals surface area contributed by atoms with E-state index in [1.54, 1.807) is 0 Å². The van der Waals surface area contributed by atoms with E-state index >= 15 is 0 Å². The summed E-state index contributed by atoms with van der Waals surface area (Å²) in [5.74, 6) is 0. The zero-order valence-electron chi connectivity index (χ0n) is 9.43. The van der Waals surface area contributed by atoms with Gasteiger partial charge in [0.1, 0.15) is 0 Å². The van der Waals surface area contributed by atoms with Crippen molar-refractivity contribution in [3.8, 4) is 0 Å². The SMILES string of the molecule is NC(N)CCCC(I)CCCCCCI. The molecule has 0 aromatic carbocycles. The predicted molar refractivity (Wildman–Crippen MR) is 85.8 cm³/mol. The van der Waals surface area contributed by atoms with Crippen LogP contribution >= 0.6 is 45.2 Å². The van der Waals surface area contributed by atoms with Crippen LogP contribution in [0.15, 0.2) is 0 Å². The lowest BCUT2D eigenvalue weighted by Crippen LogP contribution is -2.30. The van der Waals surface area contributed by atoms with E-state index in [1.807, 2.05) is 0 Å². The van der Waals surface area contributed by atoms with Crippen molar-refractivity contribution in [2.75, 3.05) is 4.43 Å². The van der Waals surface area contributed by atoms with Gasteiger partial charge >= 0.3 is 0 Å². The van der Waals surface area contributed by atoms with Gasteiger partial charge in [-0.05, 0) is 36.5 Å². The molecule has 15 heavy (non-hydrogen) atoms. The van der Waals surface area contributed by atoms with Gasteiger partial charge in [0.15, 0.2) is 0 Å². The van der Waals surface area contributed by atoms with Crippen LogP contribution in [0.1, 0.15) is 51.4 Å². The minimum absolute atomic E-state index is 0.114. The van der Waals surface area contributed by atoms with Crippen LogP contribution in [0, 0.1) is 0 Å². The summed E-state index contributed by atoms with van der Waals surface area (Å²) < 4.78 is 2.13. The summed E-state index contributed by atoms with van der Waals surface area (Å²) in [7, 11) is 0. The van der Waals surface area contributed by atoms with Gasteiger partial charge in [0.2, 0.25) is 0 Å². The first-order valence-corrected chi connectivity index (χ1v) is 8.65. The highest BCUT2D eigenvalue weighted by Gasteiger charge is 2.04. The summed E-state index contributed by atoms with van der Waals surface area (Å²) in [4.78, 5) is 0. The molecular formula is C11H24I2N2. The molecule has 0 aliphatic rings. The van der Waals surface area contributed by atoms with Gasteiger partial charge in [0, 0.05) is 3.92 Å². The van der Waals surface area contributed by atoms with E-state index in [-0.39, 0.29) is 6.17 Å². The molecule has 0 aliphatic heterocycles. The number of halogens is 2. The molecule has 0 heterocycles. The molecule has 0 aliphatic carbocycles. The Morgan fingerprint density at radius 2 is 1.40 bits per heavy atom. The molecule has 4 N–H and O–H groups in total. The summed E-state index contributed by atoms with van der Waals surface area (Å²) in [6.45, 7) is 0. The molecule has 0 aromatic rings. The molecule has 2 nitrogen and oxygen atoms in total. The second kappa shape index (κ2) is 11.9. The lowest BCUT2D eigenvalue weighted by Gasteiger charge is -2.10. The van der Waals surface area contributed by atoms with Gasteiger partial charge in [-0.25, -0.2) is 0 Å². The number of hydrogen-bond acceptors (Lipinski definition) is 2. The predicted octanol–water partition coefficient (Wildman–Crippen LogP) is 3.59. The monoisotopic (exact) mass is 438 g/mol. The normalized spacial score (nSPS) is 13.4. The average Bonchev–Trinajstić information content (AvgIpc) is 2.17. The molecule has 0 radical (unpaired) electrons. The first-order chi connectivity index (χ1) is 7.16. The third-order valence-electron chi connectivity index (χ3n) is 2.46. The number of unbranched alkanes of at least 4 members (excludes halogenated alkanes) is 3. The number of rotatable bonds is 10. The maximum absolute atomic E-state index is 5.51. The Labute approximate surface area is 122 Å². The number of nitrogens with two attached hydrogens (primary N) is 2. The van der Waals surface area contributed by atoms with E-state index < -0.39 is 0 Å². The lowest BCUT2D eigenvalue weighted by atomic mass is 10.1. The Bertz CT molecular complexity index is 132. The lowest BCUT2D eigenvalue weighted by molar-refractivity contribution is 0.550. The van der Waals surface area contributed by atoms with Gasteiger partial charge in [-0.15, -0.1) is 0 Å². The fourth-order valence-corrected chi connectivity index (χ4v) is 2.95. The maximum atomic E-state index is 5.51. The summed E-state index contributed by atoms with van der Waals surface area (Å²) in [6, 6.07) is 0. The van der Waals surface area contributed by atoms with Crippen molar-refractivity contribution in [3.63, 3.8) is 0 Å². The summed E-state index contributed by atoms with van der Waals surface area (Å²) in [5.41, 5.74) is 11.0. The van der Waals surface area contributed by atoms with E-state index in [1.165, 1.54) is 49.4 Å². The Kier molecular flexibility index (Phi) is 12.9. The molecule has 0 bridgehead atoms. The van der Waals surface area contributed by atoms with Crippen molar-refractivity contribution in [2.45, 2.75) is 61.5 Å². The maximum Gasteiger partial charge on any atom is 0.0520 e. The van der Waals surface area contributed by atoms with Crippen LogP contribution in [-0.4, -0.2) is 14.5 Å². The van der Waals surface area contributed by atoms with Gasteiger partial charge in [0.05, 0.1) is 6.17 Å². The molecule has 0 spiro atoms. The van der Waals surface area contributed by atoms with Crippen LogP contribution in [-0.2, 0) is 0 Å². The van der Waals surface area contributed by atoms with Crippen molar-refractivity contribution in [3.05, 3.63) is 0 Å². The van der Waals surface area contributed by atoms with Crippen molar-refractivity contribution in [1.82, 2.24) is 0 Å². The van der Waals surface area contributed by atoms with Gasteiger partial charge in [-0.3, -0.25) is 0 Å². The van der Waals surface area contributed by atoms with Gasteiger partial charge in [-0.2, -0.15) is 0 Å². The molecule has 1 atom stereocenters. The Balaban J connectivity index is 3.15. The molecule has 4 heteroatoms. The molecule has 0 aromatic heterocycles. The number of hydrogen-bond donors (Lipinski definition) is 2. The third-order valence-corrected chi connectivity index (χ3v) is 4.46. The quantitative estimate of drug-likeness (QED) is 0.237. The summed E-state index contributed by atoms with van der Waals surface area (Å²) in [5, 5.41) is 0. The second-order valence-corrected chi connectivity index (χ2v) is 6.92. The summed E-state index contributed by atoms with van der Waals surface area (Å²) in [6.07, 6.45) is 10.2. The minimum atomic E-state index is -0.114. The summed E-state index contributed by atoms with van der Waals surface area (Å²) >= 11 is 5.02. The van der Waals surface area contributed by atoms with Crippen molar-refractivity contribution in [1.29, 1.82) is 0 Å². The van der Waals surface area contributed by atoms with Crippen molar-refractivity contribution < 1.29 is 0 Å². The highest BCUT2D eigenvalue weighted by atomic mass is 127. The zero-order chi connectivity index (χ0) is 11.5. The van der Waals surface area contributed by atoms with Crippen LogP contribution in [0.5, 0.6) is 0 Å². The molecule has 92 valence electrons. The van der Waals surface area contributed by atoms with E-state index in [9.17, 15) is 0 Å². The zero-order valence-corrected chi connectivity index (χ0v) is 13.7. The highest BCUT2D eigenvalue weighted by Crippen LogP contribution is 2.18. The Hall–Kier alpha value is 1.38. The first-order valence-electron chi connectivity index (χ1n) is 5.88. The van der Waals surface area contributed by atoms with E-state index in [0.717, 1.165) is 10.3 Å². The molecule has 0 rings (SSSR count). The van der Waals surface area contributed by atoms with Crippen LogP contribution < -0.4 is 11.5 Å². The van der Waals surface area contributed by atoms with Gasteiger partial charge in [0.25, 0.3) is 0 Å². The topological polar surface area (TPSA) is 52.0 Å². The average molecular weight is 438 g/mol. The van der Waals surface area contributed by atoms with Crippen LogP contribution in [0.25, 0.3) is 0 Å². The van der Waals surface area contributed by atoms with Crippen molar-refractivity contribution in [2.24, 2.45) is 11.5 Å². The minimum Gasteiger partial charge on any atom is -0.316 e. The molecule has 0 saturated carbocycles. The molecule has 0 saturated heterocycles. The molecular weight excluding hydrogens is 414 g/mol. The van der Waals surface area contributed by atoms with Gasteiger partial charge in [-0.1, -0.05) is 64.4 Å². The molecule has 1 unspecified atom stereocenters. The van der Waals surface area contributed by atoms with E-state index in [2.05, 4.69) is 45.2 Å². The number of alkyl halides is 2. The van der Waals surface area contributed by atoms with E-state index in [4.69, 9.17) is 11.5 Å². The van der Waals surface area contributed by atoms with Crippen LogP contribution in [0.3, 0.4) is 0 Å². The van der Waals surface area contributed by atoms with Crippen molar-refractivity contribution >= 4 is 45.2 Å². The standard InChI is InChI=1S/C11H24I2N2/c12-9-4-2-1-3-6-10(13)7-5-8-11(14)15/h10-11H,1-9,14-15H2. The van der Waals surface area contributed by atoms with E-state index in [0.29, 0.717) is 0 Å². The fourth-order valence-electron chi connectivity index (χ4n) is 1.53. The van der Waals surface area contributed by atoms with Crippen LogP contribution in [0.4, 0.5) is 0 Å². The Morgan fingerprint density at radius 1 is 0.800 bits per heavy atom.